The van der Waals surface area contributed by atoms with Crippen LogP contribution in [0.2, 0.25) is 0 Å². The van der Waals surface area contributed by atoms with Gasteiger partial charge < -0.3 is 0 Å². The maximum Gasteiger partial charge on any atom is 0.418 e. The van der Waals surface area contributed by atoms with Gasteiger partial charge >= 0.3 is 12.4 Å². The van der Waals surface area contributed by atoms with Crippen LogP contribution in [0.15, 0.2) is 18.2 Å². The van der Waals surface area contributed by atoms with E-state index < -0.39 is 50.9 Å². The van der Waals surface area contributed by atoms with Crippen molar-refractivity contribution >= 4 is 10.8 Å². The van der Waals surface area contributed by atoms with E-state index in [2.05, 4.69) is 0 Å². The van der Waals surface area contributed by atoms with E-state index in [1.807, 2.05) is 0 Å². The van der Waals surface area contributed by atoms with Gasteiger partial charge in [-0.05, 0) is 6.07 Å². The highest BCUT2D eigenvalue weighted by Gasteiger charge is 2.43. The Labute approximate surface area is 130 Å². The number of benzene rings is 2. The number of nitriles is 3. The van der Waals surface area contributed by atoms with E-state index in [1.54, 1.807) is 0 Å². The molecule has 0 spiro atoms. The zero-order valence-electron chi connectivity index (χ0n) is 11.3. The molecule has 0 saturated carbocycles. The van der Waals surface area contributed by atoms with Gasteiger partial charge in [-0.1, -0.05) is 12.1 Å². The van der Waals surface area contributed by atoms with Gasteiger partial charge in [-0.25, -0.2) is 0 Å². The molecule has 0 heterocycles. The molecular formula is C15H3F6N3. The van der Waals surface area contributed by atoms with Crippen LogP contribution in [0.1, 0.15) is 27.8 Å². The highest BCUT2D eigenvalue weighted by atomic mass is 19.4. The summed E-state index contributed by atoms with van der Waals surface area (Å²) in [5, 5.41) is 25.1. The van der Waals surface area contributed by atoms with E-state index in [0.29, 0.717) is 6.07 Å². The maximum absolute atomic E-state index is 13.4. The summed E-state index contributed by atoms with van der Waals surface area (Å²) in [4.78, 5) is 0. The zero-order chi connectivity index (χ0) is 18.3. The average molecular weight is 339 g/mol. The smallest absolute Gasteiger partial charge is 0.192 e. The summed E-state index contributed by atoms with van der Waals surface area (Å²) < 4.78 is 79.5. The van der Waals surface area contributed by atoms with Crippen molar-refractivity contribution in [2.75, 3.05) is 0 Å². The number of fused-ring (bicyclic) bond motifs is 1. The molecule has 2 aromatic carbocycles. The van der Waals surface area contributed by atoms with E-state index in [4.69, 9.17) is 15.8 Å². The molecule has 0 aliphatic heterocycles. The summed E-state index contributed by atoms with van der Waals surface area (Å²) in [5.74, 6) is 0. The quantitative estimate of drug-likeness (QED) is 0.664. The number of hydrogen-bond donors (Lipinski definition) is 0. The van der Waals surface area contributed by atoms with E-state index >= 15 is 0 Å². The molecule has 0 aliphatic rings. The maximum atomic E-state index is 13.4. The second kappa shape index (κ2) is 5.43. The topological polar surface area (TPSA) is 71.4 Å². The predicted octanol–water partition coefficient (Wildman–Crippen LogP) is 4.49. The van der Waals surface area contributed by atoms with Gasteiger partial charge in [-0.2, -0.15) is 42.1 Å². The fraction of sp³-hybridized carbons (Fsp3) is 0.133. The largest absolute Gasteiger partial charge is 0.418 e. The zero-order valence-corrected chi connectivity index (χ0v) is 11.3. The minimum Gasteiger partial charge on any atom is -0.192 e. The van der Waals surface area contributed by atoms with Gasteiger partial charge in [0.25, 0.3) is 0 Å². The van der Waals surface area contributed by atoms with Gasteiger partial charge in [0.15, 0.2) is 0 Å². The average Bonchev–Trinajstić information content (AvgIpc) is 2.49. The van der Waals surface area contributed by atoms with Crippen molar-refractivity contribution in [3.8, 4) is 18.2 Å². The highest BCUT2D eigenvalue weighted by molar-refractivity contribution is 5.98. The Hall–Kier alpha value is -3.25. The molecule has 0 aromatic heterocycles. The normalized spacial score (nSPS) is 11.6. The van der Waals surface area contributed by atoms with E-state index in [-0.39, 0.29) is 0 Å². The fourth-order valence-corrected chi connectivity index (χ4v) is 2.40. The molecule has 0 aliphatic carbocycles. The van der Waals surface area contributed by atoms with Crippen LogP contribution < -0.4 is 0 Å². The Morgan fingerprint density at radius 1 is 0.708 bits per heavy atom. The van der Waals surface area contributed by atoms with Crippen LogP contribution in [0.4, 0.5) is 26.3 Å². The summed E-state index contributed by atoms with van der Waals surface area (Å²) in [6, 6.07) is 5.95. The van der Waals surface area contributed by atoms with E-state index in [0.717, 1.165) is 18.2 Å². The Morgan fingerprint density at radius 2 is 1.25 bits per heavy atom. The van der Waals surface area contributed by atoms with Crippen molar-refractivity contribution in [2.45, 2.75) is 12.4 Å². The Balaban J connectivity index is 3.32. The van der Waals surface area contributed by atoms with Gasteiger partial charge in [-0.15, -0.1) is 0 Å². The van der Waals surface area contributed by atoms with Crippen LogP contribution in [-0.2, 0) is 12.4 Å². The lowest BCUT2D eigenvalue weighted by atomic mass is 9.87. The third-order valence-corrected chi connectivity index (χ3v) is 3.26. The molecule has 3 nitrogen and oxygen atoms in total. The fourth-order valence-electron chi connectivity index (χ4n) is 2.40. The van der Waals surface area contributed by atoms with Crippen LogP contribution in [0.5, 0.6) is 0 Å². The van der Waals surface area contributed by atoms with Crippen LogP contribution in [-0.4, -0.2) is 0 Å². The molecule has 2 aromatic rings. The number of alkyl halides is 6. The third-order valence-electron chi connectivity index (χ3n) is 3.26. The monoisotopic (exact) mass is 339 g/mol. The van der Waals surface area contributed by atoms with Crippen LogP contribution in [0.25, 0.3) is 10.8 Å². The second-order valence-electron chi connectivity index (χ2n) is 4.56. The van der Waals surface area contributed by atoms with Gasteiger partial charge in [0, 0.05) is 10.8 Å². The summed E-state index contributed by atoms with van der Waals surface area (Å²) >= 11 is 0. The molecule has 24 heavy (non-hydrogen) atoms. The van der Waals surface area contributed by atoms with Crippen molar-refractivity contribution < 1.29 is 26.3 Å². The highest BCUT2D eigenvalue weighted by Crippen LogP contribution is 2.45. The summed E-state index contributed by atoms with van der Waals surface area (Å²) in [6.07, 6.45) is -10.5. The number of halogens is 6. The SMILES string of the molecule is N#Cc1c(C#N)c(C(F)(F)F)c2c(C(F)(F)F)cccc2c1C#N. The van der Waals surface area contributed by atoms with Crippen molar-refractivity contribution in [2.24, 2.45) is 0 Å². The lowest BCUT2D eigenvalue weighted by Crippen LogP contribution is -2.15. The number of nitrogens with zero attached hydrogens (tertiary/aromatic N) is 3. The summed E-state index contributed by atoms with van der Waals surface area (Å²) in [6.45, 7) is 0. The molecule has 0 radical (unpaired) electrons. The van der Waals surface area contributed by atoms with Gasteiger partial charge in [-0.3, -0.25) is 0 Å². The standard InChI is InChI=1S/C15H3F6N3/c16-14(17,18)11-3-1-2-7-8(4-22)9(5-23)10(6-24)13(12(7)11)15(19,20)21/h1-3H. The first kappa shape index (κ1) is 17.1. The van der Waals surface area contributed by atoms with Crippen molar-refractivity contribution in [1.82, 2.24) is 0 Å². The Kier molecular flexibility index (Phi) is 3.87. The van der Waals surface area contributed by atoms with Crippen molar-refractivity contribution in [1.29, 1.82) is 15.8 Å². The molecule has 9 heteroatoms. The lowest BCUT2D eigenvalue weighted by molar-refractivity contribution is -0.140. The van der Waals surface area contributed by atoms with Crippen LogP contribution in [0.3, 0.4) is 0 Å². The van der Waals surface area contributed by atoms with Gasteiger partial charge in [0.2, 0.25) is 0 Å². The first-order chi connectivity index (χ1) is 11.1. The molecular weight excluding hydrogens is 336 g/mol. The molecule has 2 rings (SSSR count). The second-order valence-corrected chi connectivity index (χ2v) is 4.56. The predicted molar refractivity (Wildman–Crippen MR) is 68.1 cm³/mol. The van der Waals surface area contributed by atoms with E-state index in [1.165, 1.54) is 12.1 Å². The minimum absolute atomic E-state index is 0.423. The van der Waals surface area contributed by atoms with Crippen molar-refractivity contribution in [3.05, 3.63) is 46.0 Å². The molecule has 0 N–H and O–H groups in total. The third kappa shape index (κ3) is 2.49. The molecule has 0 unspecified atom stereocenters. The Morgan fingerprint density at radius 3 is 1.67 bits per heavy atom. The molecule has 0 saturated heterocycles. The van der Waals surface area contributed by atoms with Crippen molar-refractivity contribution in [3.63, 3.8) is 0 Å². The lowest BCUT2D eigenvalue weighted by Gasteiger charge is -2.19. The first-order valence-electron chi connectivity index (χ1n) is 6.05. The molecule has 0 atom stereocenters. The van der Waals surface area contributed by atoms with Crippen LogP contribution >= 0.6 is 0 Å². The molecule has 0 fully saturated rings. The van der Waals surface area contributed by atoms with Crippen LogP contribution in [0, 0.1) is 34.0 Å². The number of hydrogen-bond acceptors (Lipinski definition) is 3. The summed E-state index contributed by atoms with van der Waals surface area (Å²) in [7, 11) is 0. The number of rotatable bonds is 0. The molecule has 0 bridgehead atoms. The Bertz CT molecular complexity index is 965. The van der Waals surface area contributed by atoms with E-state index in [9.17, 15) is 26.3 Å². The minimum atomic E-state index is -5.33. The summed E-state index contributed by atoms with van der Waals surface area (Å²) in [5.41, 5.74) is -6.42. The van der Waals surface area contributed by atoms with Gasteiger partial charge in [0.1, 0.15) is 18.2 Å². The first-order valence-corrected chi connectivity index (χ1v) is 6.05. The molecule has 0 amide bonds. The van der Waals surface area contributed by atoms with Gasteiger partial charge in [0.05, 0.1) is 27.8 Å². The molecule has 120 valence electrons.